The highest BCUT2D eigenvalue weighted by atomic mass is 32.2. The Bertz CT molecular complexity index is 1450. The summed E-state index contributed by atoms with van der Waals surface area (Å²) in [5.74, 6) is -0.279. The van der Waals surface area contributed by atoms with Gasteiger partial charge in [0.15, 0.2) is 0 Å². The van der Waals surface area contributed by atoms with Crippen LogP contribution in [0, 0.1) is 0 Å². The number of nitrogens with zero attached hydrogens (tertiary/aromatic N) is 2. The Hall–Kier alpha value is -3.21. The lowest BCUT2D eigenvalue weighted by molar-refractivity contribution is -0.114. The lowest BCUT2D eigenvalue weighted by Gasteiger charge is -2.31. The number of carbonyl (C=O) groups excluding carboxylic acids is 2. The Balaban J connectivity index is 1.32. The van der Waals surface area contributed by atoms with E-state index in [2.05, 4.69) is 21.3 Å². The first-order valence-electron chi connectivity index (χ1n) is 13.7. The van der Waals surface area contributed by atoms with Crippen molar-refractivity contribution < 1.29 is 18.0 Å². The Labute approximate surface area is 229 Å². The number of sulfonamides is 1. The standard InChI is InChI=1S/C29H37N5O4S/c1-20(35)32-24-7-5-21(6-8-24)23-17-25-27(19-31-28(25)26(18-23)29(30)36)22-9-14-34(15-10-22)39(37,38)16-4-13-33-11-2-3-12-33/h5-8,17-19,22,31H,2-4,9-16H2,1H3,(H2,30,36)(H,32,35). The molecule has 2 fully saturated rings. The number of piperidine rings is 1. The third-order valence-electron chi connectivity index (χ3n) is 7.99. The maximum Gasteiger partial charge on any atom is 0.250 e. The van der Waals surface area contributed by atoms with Gasteiger partial charge in [0.05, 0.1) is 16.8 Å². The van der Waals surface area contributed by atoms with Crippen LogP contribution < -0.4 is 11.1 Å². The summed E-state index contributed by atoms with van der Waals surface area (Å²) in [5, 5.41) is 3.69. The molecule has 9 nitrogen and oxygen atoms in total. The van der Waals surface area contributed by atoms with E-state index < -0.39 is 15.9 Å². The molecule has 5 rings (SSSR count). The van der Waals surface area contributed by atoms with Crippen LogP contribution in [-0.2, 0) is 14.8 Å². The first-order chi connectivity index (χ1) is 18.7. The summed E-state index contributed by atoms with van der Waals surface area (Å²) in [7, 11) is -3.27. The summed E-state index contributed by atoms with van der Waals surface area (Å²) in [5.41, 5.74) is 10.4. The van der Waals surface area contributed by atoms with Gasteiger partial charge >= 0.3 is 0 Å². The summed E-state index contributed by atoms with van der Waals surface area (Å²) >= 11 is 0. The molecule has 0 aliphatic carbocycles. The van der Waals surface area contributed by atoms with Crippen molar-refractivity contribution in [2.45, 2.75) is 44.9 Å². The van der Waals surface area contributed by atoms with Crippen molar-refractivity contribution in [1.82, 2.24) is 14.2 Å². The van der Waals surface area contributed by atoms with Crippen LogP contribution in [0.1, 0.15) is 60.9 Å². The van der Waals surface area contributed by atoms with Gasteiger partial charge in [0.25, 0.3) is 5.91 Å². The number of H-pyrrole nitrogens is 1. The number of likely N-dealkylation sites (tertiary alicyclic amines) is 1. The molecule has 3 aromatic rings. The lowest BCUT2D eigenvalue weighted by atomic mass is 9.88. The number of nitrogens with two attached hydrogens (primary N) is 1. The number of amides is 2. The van der Waals surface area contributed by atoms with Crippen LogP contribution in [0.15, 0.2) is 42.6 Å². The molecule has 2 saturated heterocycles. The SMILES string of the molecule is CC(=O)Nc1ccc(-c2cc(C(N)=O)c3[nH]cc(C4CCN(S(=O)(=O)CCCN5CCCC5)CC4)c3c2)cc1. The minimum atomic E-state index is -3.27. The molecule has 10 heteroatoms. The third-order valence-corrected chi connectivity index (χ3v) is 9.94. The van der Waals surface area contributed by atoms with Crippen LogP contribution >= 0.6 is 0 Å². The van der Waals surface area contributed by atoms with Crippen LogP contribution in [0.4, 0.5) is 5.69 Å². The van der Waals surface area contributed by atoms with Crippen LogP contribution in [0.3, 0.4) is 0 Å². The molecular formula is C29H37N5O4S. The van der Waals surface area contributed by atoms with E-state index in [1.54, 1.807) is 10.4 Å². The monoisotopic (exact) mass is 551 g/mol. The molecule has 39 heavy (non-hydrogen) atoms. The Morgan fingerprint density at radius 1 is 1.03 bits per heavy atom. The summed E-state index contributed by atoms with van der Waals surface area (Å²) in [6, 6.07) is 11.3. The van der Waals surface area contributed by atoms with E-state index in [0.717, 1.165) is 54.6 Å². The number of nitrogens with one attached hydrogen (secondary N) is 2. The van der Waals surface area contributed by atoms with Crippen LogP contribution in [0.2, 0.25) is 0 Å². The molecular weight excluding hydrogens is 514 g/mol. The second-order valence-corrected chi connectivity index (χ2v) is 12.8. The molecule has 3 heterocycles. The molecule has 0 atom stereocenters. The molecule has 2 amide bonds. The number of anilines is 1. The van der Waals surface area contributed by atoms with Crippen molar-refractivity contribution in [3.05, 3.63) is 53.7 Å². The quantitative estimate of drug-likeness (QED) is 0.372. The van der Waals surface area contributed by atoms with E-state index in [0.29, 0.717) is 36.3 Å². The molecule has 0 unspecified atom stereocenters. The Kier molecular flexibility index (Phi) is 8.06. The van der Waals surface area contributed by atoms with Crippen molar-refractivity contribution in [1.29, 1.82) is 0 Å². The van der Waals surface area contributed by atoms with E-state index in [1.807, 2.05) is 30.5 Å². The third kappa shape index (κ3) is 6.18. The maximum atomic E-state index is 13.0. The number of aromatic amines is 1. The first kappa shape index (κ1) is 27.4. The fourth-order valence-corrected chi connectivity index (χ4v) is 7.47. The van der Waals surface area contributed by atoms with Gasteiger partial charge in [-0.2, -0.15) is 0 Å². The molecule has 208 valence electrons. The highest BCUT2D eigenvalue weighted by Crippen LogP contribution is 2.37. The van der Waals surface area contributed by atoms with Crippen molar-refractivity contribution in [3.63, 3.8) is 0 Å². The zero-order valence-electron chi connectivity index (χ0n) is 22.4. The predicted octanol–water partition coefficient (Wildman–Crippen LogP) is 3.89. The highest BCUT2D eigenvalue weighted by molar-refractivity contribution is 7.89. The van der Waals surface area contributed by atoms with E-state index in [-0.39, 0.29) is 17.6 Å². The zero-order valence-corrected chi connectivity index (χ0v) is 23.2. The number of benzene rings is 2. The largest absolute Gasteiger partial charge is 0.366 e. The average Bonchev–Trinajstić information content (AvgIpc) is 3.58. The van der Waals surface area contributed by atoms with Crippen LogP contribution in [0.5, 0.6) is 0 Å². The molecule has 2 aliphatic heterocycles. The topological polar surface area (TPSA) is 129 Å². The number of primary amides is 1. The van der Waals surface area contributed by atoms with E-state index in [9.17, 15) is 18.0 Å². The van der Waals surface area contributed by atoms with Gasteiger partial charge in [-0.3, -0.25) is 9.59 Å². The average molecular weight is 552 g/mol. The van der Waals surface area contributed by atoms with Gasteiger partial charge in [-0.25, -0.2) is 12.7 Å². The number of hydrogen-bond acceptors (Lipinski definition) is 5. The predicted molar refractivity (Wildman–Crippen MR) is 154 cm³/mol. The second kappa shape index (κ2) is 11.5. The molecule has 0 saturated carbocycles. The molecule has 4 N–H and O–H groups in total. The molecule has 2 aliphatic rings. The Morgan fingerprint density at radius 2 is 1.72 bits per heavy atom. The molecule has 0 spiro atoms. The van der Waals surface area contributed by atoms with Crippen LogP contribution in [-0.4, -0.2) is 72.9 Å². The van der Waals surface area contributed by atoms with Gasteiger partial charge < -0.3 is 20.9 Å². The minimum Gasteiger partial charge on any atom is -0.366 e. The van der Waals surface area contributed by atoms with Gasteiger partial charge in [-0.15, -0.1) is 0 Å². The van der Waals surface area contributed by atoms with Gasteiger partial charge in [0.1, 0.15) is 0 Å². The van der Waals surface area contributed by atoms with E-state index >= 15 is 0 Å². The van der Waals surface area contributed by atoms with Gasteiger partial charge in [-0.05, 0) is 98.6 Å². The zero-order chi connectivity index (χ0) is 27.6. The fraction of sp³-hybridized carbons (Fsp3) is 0.448. The van der Waals surface area contributed by atoms with E-state index in [1.165, 1.54) is 19.8 Å². The number of carbonyl (C=O) groups is 2. The Morgan fingerprint density at radius 3 is 2.36 bits per heavy atom. The summed E-state index contributed by atoms with van der Waals surface area (Å²) in [6.07, 6.45) is 6.48. The highest BCUT2D eigenvalue weighted by Gasteiger charge is 2.30. The summed E-state index contributed by atoms with van der Waals surface area (Å²) in [4.78, 5) is 29.3. The minimum absolute atomic E-state index is 0.141. The normalized spacial score (nSPS) is 17.6. The molecule has 1 aromatic heterocycles. The summed E-state index contributed by atoms with van der Waals surface area (Å²) in [6.45, 7) is 5.47. The number of hydrogen-bond donors (Lipinski definition) is 3. The second-order valence-electron chi connectivity index (χ2n) is 10.7. The fourth-order valence-electron chi connectivity index (χ4n) is 5.95. The molecule has 2 aromatic carbocycles. The van der Waals surface area contributed by atoms with Gasteiger partial charge in [0, 0.05) is 37.3 Å². The van der Waals surface area contributed by atoms with Crippen molar-refractivity contribution in [2.75, 3.05) is 43.8 Å². The number of rotatable bonds is 9. The van der Waals surface area contributed by atoms with Gasteiger partial charge in [-0.1, -0.05) is 12.1 Å². The van der Waals surface area contributed by atoms with Gasteiger partial charge in [0.2, 0.25) is 15.9 Å². The maximum absolute atomic E-state index is 13.0. The van der Waals surface area contributed by atoms with Crippen molar-refractivity contribution in [3.8, 4) is 11.1 Å². The number of fused-ring (bicyclic) bond motifs is 1. The molecule has 0 bridgehead atoms. The van der Waals surface area contributed by atoms with Crippen molar-refractivity contribution in [2.24, 2.45) is 5.73 Å². The summed E-state index contributed by atoms with van der Waals surface area (Å²) < 4.78 is 27.6. The lowest BCUT2D eigenvalue weighted by Crippen LogP contribution is -2.39. The smallest absolute Gasteiger partial charge is 0.250 e. The molecule has 0 radical (unpaired) electrons. The van der Waals surface area contributed by atoms with Crippen molar-refractivity contribution >= 4 is 38.4 Å². The van der Waals surface area contributed by atoms with E-state index in [4.69, 9.17) is 5.73 Å². The van der Waals surface area contributed by atoms with Crippen LogP contribution in [0.25, 0.3) is 22.0 Å². The number of aromatic nitrogens is 1. The first-order valence-corrected chi connectivity index (χ1v) is 15.4.